The van der Waals surface area contributed by atoms with Crippen LogP contribution in [-0.2, 0) is 19.1 Å². The molecule has 8 heteroatoms. The summed E-state index contributed by atoms with van der Waals surface area (Å²) in [5.41, 5.74) is 0. The summed E-state index contributed by atoms with van der Waals surface area (Å²) in [4.78, 5) is 33.6. The number of alkyl carbamates (subject to hydrolysis) is 1. The zero-order chi connectivity index (χ0) is 17.0. The Morgan fingerprint density at radius 2 is 1.86 bits per heavy atom. The number of carbonyl (C=O) groups is 3. The van der Waals surface area contributed by atoms with E-state index in [0.29, 0.717) is 0 Å². The number of hydrogen-bond donors (Lipinski definition) is 2. The molecule has 0 aromatic carbocycles. The third-order valence-corrected chi connectivity index (χ3v) is 3.93. The number of amides is 1. The molecule has 0 saturated heterocycles. The topological polar surface area (TPSA) is 102 Å². The maximum atomic E-state index is 11.5. The molecule has 7 nitrogen and oxygen atoms in total. The molecule has 0 aliphatic heterocycles. The van der Waals surface area contributed by atoms with Crippen molar-refractivity contribution in [3.05, 3.63) is 0 Å². The molecule has 0 radical (unpaired) electrons. The fraction of sp³-hybridized carbons (Fsp3) is 0.786. The predicted molar refractivity (Wildman–Crippen MR) is 83.7 cm³/mol. The van der Waals surface area contributed by atoms with Crippen LogP contribution in [-0.4, -0.2) is 47.0 Å². The van der Waals surface area contributed by atoms with Gasteiger partial charge >= 0.3 is 18.0 Å². The second kappa shape index (κ2) is 12.1. The van der Waals surface area contributed by atoms with Crippen LogP contribution in [0.5, 0.6) is 0 Å². The summed E-state index contributed by atoms with van der Waals surface area (Å²) in [5.74, 6) is -0.728. The smallest absolute Gasteiger partial charge is 0.410 e. The normalized spacial score (nSPS) is 13.0. The Morgan fingerprint density at radius 3 is 2.41 bits per heavy atom. The first kappa shape index (κ1) is 20.6. The van der Waals surface area contributed by atoms with E-state index in [0.717, 1.165) is 25.0 Å². The number of hydrogen-bond acceptors (Lipinski definition) is 6. The molecular formula is C14H25NO6S. The summed E-state index contributed by atoms with van der Waals surface area (Å²) in [6, 6.07) is 0. The number of rotatable bonds is 11. The second-order valence-electron chi connectivity index (χ2n) is 4.60. The molecule has 1 amide bonds. The predicted octanol–water partition coefficient (Wildman–Crippen LogP) is 2.39. The van der Waals surface area contributed by atoms with Crippen molar-refractivity contribution >= 4 is 29.8 Å². The van der Waals surface area contributed by atoms with Gasteiger partial charge in [0.2, 0.25) is 6.29 Å². The standard InChI is InChI=1S/C14H25NO6S/c1-4-6-7-8-22-11(13(17)18)9-15-14(19)21-10(3)20-12(16)5-2/h10-11H,4-9H2,1-3H3,(H,15,19)(H,17,18)/t10-,11+/m1/s1. The van der Waals surface area contributed by atoms with E-state index in [9.17, 15) is 14.4 Å². The van der Waals surface area contributed by atoms with E-state index in [-0.39, 0.29) is 13.0 Å². The van der Waals surface area contributed by atoms with Crippen LogP contribution in [0, 0.1) is 0 Å². The lowest BCUT2D eigenvalue weighted by Gasteiger charge is -2.16. The lowest BCUT2D eigenvalue weighted by molar-refractivity contribution is -0.164. The van der Waals surface area contributed by atoms with Crippen LogP contribution in [0.1, 0.15) is 46.5 Å². The molecule has 0 aliphatic rings. The average Bonchev–Trinajstić information content (AvgIpc) is 2.45. The number of carboxylic acids is 1. The van der Waals surface area contributed by atoms with Gasteiger partial charge in [0.1, 0.15) is 5.25 Å². The van der Waals surface area contributed by atoms with Gasteiger partial charge < -0.3 is 19.9 Å². The fourth-order valence-corrected chi connectivity index (χ4v) is 2.46. The molecule has 0 heterocycles. The summed E-state index contributed by atoms with van der Waals surface area (Å²) in [7, 11) is 0. The Kier molecular flexibility index (Phi) is 11.3. The number of aliphatic carboxylic acids is 1. The van der Waals surface area contributed by atoms with Crippen molar-refractivity contribution < 1.29 is 29.0 Å². The molecule has 2 atom stereocenters. The molecular weight excluding hydrogens is 310 g/mol. The third-order valence-electron chi connectivity index (χ3n) is 2.63. The average molecular weight is 335 g/mol. The summed E-state index contributed by atoms with van der Waals surface area (Å²) < 4.78 is 9.57. The molecule has 0 saturated carbocycles. The lowest BCUT2D eigenvalue weighted by atomic mass is 10.3. The first-order chi connectivity index (χ1) is 10.4. The van der Waals surface area contributed by atoms with Gasteiger partial charge in [0.25, 0.3) is 0 Å². The van der Waals surface area contributed by atoms with Crippen LogP contribution in [0.25, 0.3) is 0 Å². The monoisotopic (exact) mass is 335 g/mol. The zero-order valence-corrected chi connectivity index (χ0v) is 14.1. The maximum Gasteiger partial charge on any atom is 0.410 e. The highest BCUT2D eigenvalue weighted by Crippen LogP contribution is 2.13. The fourth-order valence-electron chi connectivity index (χ4n) is 1.46. The summed E-state index contributed by atoms with van der Waals surface area (Å²) in [5, 5.41) is 10.7. The second-order valence-corrected chi connectivity index (χ2v) is 5.91. The van der Waals surface area contributed by atoms with E-state index in [2.05, 4.69) is 12.2 Å². The molecule has 0 fully saturated rings. The van der Waals surface area contributed by atoms with Crippen molar-refractivity contribution in [2.45, 2.75) is 58.0 Å². The van der Waals surface area contributed by atoms with Crippen molar-refractivity contribution in [1.29, 1.82) is 0 Å². The van der Waals surface area contributed by atoms with Crippen LogP contribution >= 0.6 is 11.8 Å². The number of ether oxygens (including phenoxy) is 2. The molecule has 0 bridgehead atoms. The van der Waals surface area contributed by atoms with Crippen LogP contribution in [0.3, 0.4) is 0 Å². The molecule has 128 valence electrons. The Bertz CT molecular complexity index is 363. The van der Waals surface area contributed by atoms with E-state index >= 15 is 0 Å². The van der Waals surface area contributed by atoms with Gasteiger partial charge in [-0.3, -0.25) is 9.59 Å². The van der Waals surface area contributed by atoms with Crippen LogP contribution in [0.15, 0.2) is 0 Å². The lowest BCUT2D eigenvalue weighted by Crippen LogP contribution is -2.37. The van der Waals surface area contributed by atoms with Crippen molar-refractivity contribution in [2.24, 2.45) is 0 Å². The van der Waals surface area contributed by atoms with Crippen LogP contribution < -0.4 is 5.32 Å². The van der Waals surface area contributed by atoms with Crippen LogP contribution in [0.2, 0.25) is 0 Å². The van der Waals surface area contributed by atoms with E-state index in [1.165, 1.54) is 18.7 Å². The van der Waals surface area contributed by atoms with Gasteiger partial charge in [-0.05, 0) is 12.2 Å². The van der Waals surface area contributed by atoms with Crippen molar-refractivity contribution in [2.75, 3.05) is 12.3 Å². The van der Waals surface area contributed by atoms with E-state index in [4.69, 9.17) is 14.6 Å². The van der Waals surface area contributed by atoms with Crippen LogP contribution in [0.4, 0.5) is 4.79 Å². The Balaban J connectivity index is 4.05. The van der Waals surface area contributed by atoms with Gasteiger partial charge in [0.05, 0.1) is 0 Å². The van der Waals surface area contributed by atoms with Gasteiger partial charge in [-0.15, -0.1) is 11.8 Å². The molecule has 2 N–H and O–H groups in total. The van der Waals surface area contributed by atoms with Crippen molar-refractivity contribution in [1.82, 2.24) is 5.32 Å². The highest BCUT2D eigenvalue weighted by Gasteiger charge is 2.20. The number of esters is 1. The molecule has 0 aromatic rings. The SMILES string of the molecule is CCCCCS[C@@H](CNC(=O)O[C@H](C)OC(=O)CC)C(=O)O. The number of carboxylic acid groups (broad SMARTS) is 1. The number of unbranched alkanes of at least 4 members (excludes halogenated alkanes) is 2. The Hall–Kier alpha value is -1.44. The van der Waals surface area contributed by atoms with E-state index in [1.54, 1.807) is 6.92 Å². The minimum atomic E-state index is -1.01. The van der Waals surface area contributed by atoms with Gasteiger partial charge in [-0.1, -0.05) is 26.7 Å². The van der Waals surface area contributed by atoms with Crippen molar-refractivity contribution in [3.8, 4) is 0 Å². The van der Waals surface area contributed by atoms with Gasteiger partial charge in [0.15, 0.2) is 0 Å². The maximum absolute atomic E-state index is 11.5. The van der Waals surface area contributed by atoms with Gasteiger partial charge in [0, 0.05) is 19.9 Å². The largest absolute Gasteiger partial charge is 0.480 e. The van der Waals surface area contributed by atoms with E-state index in [1.807, 2.05) is 0 Å². The first-order valence-electron chi connectivity index (χ1n) is 7.39. The highest BCUT2D eigenvalue weighted by molar-refractivity contribution is 8.00. The van der Waals surface area contributed by atoms with Crippen molar-refractivity contribution in [3.63, 3.8) is 0 Å². The number of carbonyl (C=O) groups excluding carboxylic acids is 2. The minimum Gasteiger partial charge on any atom is -0.480 e. The number of nitrogens with one attached hydrogen (secondary N) is 1. The summed E-state index contributed by atoms with van der Waals surface area (Å²) >= 11 is 1.29. The van der Waals surface area contributed by atoms with E-state index < -0.39 is 29.6 Å². The summed E-state index contributed by atoms with van der Waals surface area (Å²) in [6.45, 7) is 5.08. The molecule has 0 unspecified atom stereocenters. The first-order valence-corrected chi connectivity index (χ1v) is 8.43. The molecule has 0 aliphatic carbocycles. The molecule has 0 aromatic heterocycles. The Labute approximate surface area is 135 Å². The molecule has 22 heavy (non-hydrogen) atoms. The number of thioether (sulfide) groups is 1. The molecule has 0 rings (SSSR count). The van der Waals surface area contributed by atoms with Gasteiger partial charge in [-0.2, -0.15) is 0 Å². The minimum absolute atomic E-state index is 0.0423. The third kappa shape index (κ3) is 10.3. The highest BCUT2D eigenvalue weighted by atomic mass is 32.2. The van der Waals surface area contributed by atoms with Gasteiger partial charge in [-0.25, -0.2) is 4.79 Å². The quantitative estimate of drug-likeness (QED) is 0.339. The zero-order valence-electron chi connectivity index (χ0n) is 13.3. The summed E-state index contributed by atoms with van der Waals surface area (Å²) in [6.07, 6.45) is 1.43. The Morgan fingerprint density at radius 1 is 1.18 bits per heavy atom. The molecule has 0 spiro atoms.